The minimum Gasteiger partial charge on any atom is -0.394 e. The van der Waals surface area contributed by atoms with Crippen LogP contribution in [0.15, 0.2) is 24.3 Å². The molecule has 1 amide bonds. The molecule has 0 aliphatic carbocycles. The molecule has 1 heterocycles. The summed E-state index contributed by atoms with van der Waals surface area (Å²) >= 11 is 0. The van der Waals surface area contributed by atoms with Crippen molar-refractivity contribution >= 4 is 5.91 Å². The van der Waals surface area contributed by atoms with Crippen LogP contribution < -0.4 is 5.32 Å². The maximum atomic E-state index is 13.0. The van der Waals surface area contributed by atoms with Crippen LogP contribution in [0.4, 0.5) is 0 Å². The molecule has 7 atom stereocenters. The van der Waals surface area contributed by atoms with E-state index in [4.69, 9.17) is 9.47 Å². The van der Waals surface area contributed by atoms with Crippen LogP contribution in [0.1, 0.15) is 296 Å². The van der Waals surface area contributed by atoms with Crippen molar-refractivity contribution in [1.82, 2.24) is 5.32 Å². The number of carbonyl (C=O) groups excluding carboxylic acids is 1. The lowest BCUT2D eigenvalue weighted by atomic mass is 9.99. The van der Waals surface area contributed by atoms with E-state index in [2.05, 4.69) is 31.3 Å². The number of carbonyl (C=O) groups is 1. The zero-order valence-corrected chi connectivity index (χ0v) is 45.3. The number of hydrogen-bond donors (Lipinski definition) is 6. The molecule has 1 rings (SSSR count). The standard InChI is InChI=1S/C60H115NO8/c1-3-5-7-9-11-13-15-17-18-19-20-21-22-23-24-25-26-27-28-29-30-31-32-33-34-35-36-38-39-41-43-45-47-49-54(63)53(52-68-60-59(67)58(66)57(65)55(51-62)69-60)61-56(64)50-48-46-44-42-40-37-16-14-12-10-8-6-4-2/h14,16,47,49,53-55,57-60,62-63,65-67H,3-13,15,17-46,48,50-52H2,1-2H3,(H,61,64)/b16-14-,49-47+. The molecule has 1 saturated heterocycles. The molecule has 0 bridgehead atoms. The first kappa shape index (κ1) is 65.7. The fourth-order valence-corrected chi connectivity index (χ4v) is 9.74. The van der Waals surface area contributed by atoms with Crippen LogP contribution in [-0.4, -0.2) is 87.5 Å². The van der Waals surface area contributed by atoms with Crippen molar-refractivity contribution in [2.24, 2.45) is 0 Å². The Kier molecular flexibility index (Phi) is 47.8. The van der Waals surface area contributed by atoms with E-state index < -0.39 is 49.5 Å². The second-order valence-electron chi connectivity index (χ2n) is 21.1. The average molecular weight is 979 g/mol. The van der Waals surface area contributed by atoms with Crippen LogP contribution in [0, 0.1) is 0 Å². The molecule has 9 nitrogen and oxygen atoms in total. The maximum absolute atomic E-state index is 13.0. The Labute approximate surface area is 426 Å². The van der Waals surface area contributed by atoms with E-state index in [-0.39, 0.29) is 12.5 Å². The summed E-state index contributed by atoms with van der Waals surface area (Å²) in [6.45, 7) is 3.78. The molecule has 1 fully saturated rings. The third-order valence-electron chi connectivity index (χ3n) is 14.5. The van der Waals surface area contributed by atoms with Crippen molar-refractivity contribution in [3.05, 3.63) is 24.3 Å². The third kappa shape index (κ3) is 39.8. The van der Waals surface area contributed by atoms with Crippen LogP contribution in [0.5, 0.6) is 0 Å². The first-order valence-corrected chi connectivity index (χ1v) is 30.1. The Balaban J connectivity index is 2.11. The van der Waals surface area contributed by atoms with Gasteiger partial charge in [-0.05, 0) is 44.9 Å². The summed E-state index contributed by atoms with van der Waals surface area (Å²) in [4.78, 5) is 13.0. The topological polar surface area (TPSA) is 149 Å². The molecule has 0 radical (unpaired) electrons. The van der Waals surface area contributed by atoms with Crippen molar-refractivity contribution < 1.29 is 39.8 Å². The lowest BCUT2D eigenvalue weighted by Gasteiger charge is -2.40. The third-order valence-corrected chi connectivity index (χ3v) is 14.5. The second kappa shape index (κ2) is 50.2. The summed E-state index contributed by atoms with van der Waals surface area (Å²) in [5, 5.41) is 54.4. The van der Waals surface area contributed by atoms with Gasteiger partial charge in [-0.2, -0.15) is 0 Å². The van der Waals surface area contributed by atoms with Gasteiger partial charge in [-0.15, -0.1) is 0 Å². The van der Waals surface area contributed by atoms with E-state index in [1.165, 1.54) is 218 Å². The summed E-state index contributed by atoms with van der Waals surface area (Å²) in [7, 11) is 0. The molecule has 1 aliphatic rings. The van der Waals surface area contributed by atoms with Crippen molar-refractivity contribution in [1.29, 1.82) is 0 Å². The Bertz CT molecular complexity index is 1130. The average Bonchev–Trinajstić information content (AvgIpc) is 3.35. The lowest BCUT2D eigenvalue weighted by molar-refractivity contribution is -0.302. The number of allylic oxidation sites excluding steroid dienone is 3. The number of hydrogen-bond acceptors (Lipinski definition) is 8. The number of unbranched alkanes of at least 4 members (excludes halogenated alkanes) is 40. The number of nitrogens with one attached hydrogen (secondary N) is 1. The smallest absolute Gasteiger partial charge is 0.220 e. The van der Waals surface area contributed by atoms with Gasteiger partial charge in [0.05, 0.1) is 25.4 Å². The predicted molar refractivity (Wildman–Crippen MR) is 290 cm³/mol. The summed E-state index contributed by atoms with van der Waals surface area (Å²) < 4.78 is 11.3. The molecule has 9 heteroatoms. The van der Waals surface area contributed by atoms with E-state index in [9.17, 15) is 30.3 Å². The van der Waals surface area contributed by atoms with Gasteiger partial charge in [-0.1, -0.05) is 269 Å². The van der Waals surface area contributed by atoms with Gasteiger partial charge in [0.15, 0.2) is 6.29 Å². The normalized spacial score (nSPS) is 19.6. The second-order valence-corrected chi connectivity index (χ2v) is 21.1. The quantitative estimate of drug-likeness (QED) is 0.0261. The predicted octanol–water partition coefficient (Wildman–Crippen LogP) is 15.0. The van der Waals surface area contributed by atoms with Crippen molar-refractivity contribution in [3.63, 3.8) is 0 Å². The van der Waals surface area contributed by atoms with E-state index in [0.717, 1.165) is 57.8 Å². The number of amides is 1. The Hall–Kier alpha value is -1.33. The van der Waals surface area contributed by atoms with E-state index >= 15 is 0 Å². The Morgan fingerprint density at radius 1 is 0.478 bits per heavy atom. The first-order valence-electron chi connectivity index (χ1n) is 30.1. The van der Waals surface area contributed by atoms with Gasteiger partial charge in [0.2, 0.25) is 5.91 Å². The molecule has 0 aromatic carbocycles. The number of rotatable bonds is 52. The first-order chi connectivity index (χ1) is 33.8. The molecular formula is C60H115NO8. The van der Waals surface area contributed by atoms with Gasteiger partial charge >= 0.3 is 0 Å². The van der Waals surface area contributed by atoms with Crippen molar-refractivity contribution in [2.45, 2.75) is 339 Å². The van der Waals surface area contributed by atoms with Crippen LogP contribution in [-0.2, 0) is 14.3 Å². The van der Waals surface area contributed by atoms with Gasteiger partial charge in [0.25, 0.3) is 0 Å². The lowest BCUT2D eigenvalue weighted by Crippen LogP contribution is -2.60. The van der Waals surface area contributed by atoms with E-state index in [1.807, 2.05) is 6.08 Å². The highest BCUT2D eigenvalue weighted by molar-refractivity contribution is 5.76. The summed E-state index contributed by atoms with van der Waals surface area (Å²) in [5.74, 6) is -0.183. The molecule has 408 valence electrons. The van der Waals surface area contributed by atoms with Gasteiger partial charge in [-0.3, -0.25) is 4.79 Å². The van der Waals surface area contributed by atoms with Crippen LogP contribution in [0.3, 0.4) is 0 Å². The maximum Gasteiger partial charge on any atom is 0.220 e. The Morgan fingerprint density at radius 2 is 0.812 bits per heavy atom. The fourth-order valence-electron chi connectivity index (χ4n) is 9.74. The highest BCUT2D eigenvalue weighted by Crippen LogP contribution is 2.23. The number of ether oxygens (including phenoxy) is 2. The van der Waals surface area contributed by atoms with Gasteiger partial charge in [0, 0.05) is 6.42 Å². The highest BCUT2D eigenvalue weighted by atomic mass is 16.7. The van der Waals surface area contributed by atoms with Gasteiger partial charge in [0.1, 0.15) is 24.4 Å². The SMILES string of the molecule is CCCCCC/C=C\CCCCCCCC(=O)NC(COC1OC(CO)C(O)C(O)C1O)C(O)/C=C/CCCCCCCCCCCCCCCCCCCCCCCCCCCCCCCCC. The fraction of sp³-hybridized carbons (Fsp3) is 0.917. The summed E-state index contributed by atoms with van der Waals surface area (Å²) in [6.07, 6.45) is 57.0. The van der Waals surface area contributed by atoms with E-state index in [0.29, 0.717) is 6.42 Å². The molecule has 7 unspecified atom stereocenters. The molecule has 1 aliphatic heterocycles. The van der Waals surface area contributed by atoms with Crippen molar-refractivity contribution in [3.8, 4) is 0 Å². The Morgan fingerprint density at radius 3 is 1.19 bits per heavy atom. The van der Waals surface area contributed by atoms with E-state index in [1.54, 1.807) is 6.08 Å². The molecule has 6 N–H and O–H groups in total. The van der Waals surface area contributed by atoms with Crippen molar-refractivity contribution in [2.75, 3.05) is 13.2 Å². The molecule has 0 aromatic heterocycles. The highest BCUT2D eigenvalue weighted by Gasteiger charge is 2.44. The molecule has 69 heavy (non-hydrogen) atoms. The number of aliphatic hydroxyl groups excluding tert-OH is 5. The molecule has 0 saturated carbocycles. The molecule has 0 aromatic rings. The zero-order valence-electron chi connectivity index (χ0n) is 45.3. The minimum absolute atomic E-state index is 0.183. The monoisotopic (exact) mass is 978 g/mol. The molecule has 0 spiro atoms. The van der Waals surface area contributed by atoms with Crippen LogP contribution >= 0.6 is 0 Å². The zero-order chi connectivity index (χ0) is 50.1. The number of aliphatic hydroxyl groups is 5. The van der Waals surface area contributed by atoms with Crippen LogP contribution in [0.25, 0.3) is 0 Å². The summed E-state index contributed by atoms with van der Waals surface area (Å²) in [5.41, 5.74) is 0. The van der Waals surface area contributed by atoms with Crippen LogP contribution in [0.2, 0.25) is 0 Å². The molecular weight excluding hydrogens is 863 g/mol. The van der Waals surface area contributed by atoms with Gasteiger partial charge in [-0.25, -0.2) is 0 Å². The largest absolute Gasteiger partial charge is 0.394 e. The minimum atomic E-state index is -1.57. The summed E-state index contributed by atoms with van der Waals surface area (Å²) in [6, 6.07) is -0.807. The van der Waals surface area contributed by atoms with Gasteiger partial charge < -0.3 is 40.3 Å².